The lowest BCUT2D eigenvalue weighted by atomic mass is 10.1. The minimum atomic E-state index is -0.293. The van der Waals surface area contributed by atoms with Crippen LogP contribution in [0.3, 0.4) is 0 Å². The monoisotopic (exact) mass is 396 g/mol. The highest BCUT2D eigenvalue weighted by Crippen LogP contribution is 2.37. The fourth-order valence-electron chi connectivity index (χ4n) is 3.11. The summed E-state index contributed by atoms with van der Waals surface area (Å²) in [5.41, 5.74) is 2.40. The van der Waals surface area contributed by atoms with Gasteiger partial charge in [-0.2, -0.15) is 0 Å². The lowest BCUT2D eigenvalue weighted by Crippen LogP contribution is -2.23. The van der Waals surface area contributed by atoms with Crippen LogP contribution in [0.2, 0.25) is 0 Å². The van der Waals surface area contributed by atoms with Crippen molar-refractivity contribution in [2.24, 2.45) is 0 Å². The Morgan fingerprint density at radius 2 is 1.79 bits per heavy atom. The van der Waals surface area contributed by atoms with Gasteiger partial charge in [0.05, 0.1) is 19.9 Å². The third kappa shape index (κ3) is 3.69. The first kappa shape index (κ1) is 18.7. The molecular weight excluding hydrogens is 376 g/mol. The predicted molar refractivity (Wildman–Crippen MR) is 104 cm³/mol. The minimum absolute atomic E-state index is 0.172. The van der Waals surface area contributed by atoms with E-state index in [1.807, 2.05) is 12.1 Å². The van der Waals surface area contributed by atoms with Gasteiger partial charge in [0.15, 0.2) is 17.3 Å². The maximum Gasteiger partial charge on any atom is 0.257 e. The van der Waals surface area contributed by atoms with E-state index in [-0.39, 0.29) is 19.2 Å². The van der Waals surface area contributed by atoms with Crippen molar-refractivity contribution >= 4 is 5.91 Å². The maximum absolute atomic E-state index is 12.9. The van der Waals surface area contributed by atoms with Crippen LogP contribution in [0.4, 0.5) is 0 Å². The van der Waals surface area contributed by atoms with Gasteiger partial charge in [0.2, 0.25) is 6.79 Å². The zero-order valence-electron chi connectivity index (χ0n) is 16.3. The number of hydrogen-bond acceptors (Lipinski definition) is 7. The van der Waals surface area contributed by atoms with E-state index in [2.05, 4.69) is 10.5 Å². The molecule has 2 aromatic carbocycles. The number of carbonyl (C=O) groups is 1. The van der Waals surface area contributed by atoms with E-state index in [4.69, 9.17) is 23.5 Å². The Bertz CT molecular complexity index is 1040. The first-order chi connectivity index (χ1) is 14.1. The number of methoxy groups -OCH3 is 2. The SMILES string of the molecule is COc1cc(CNC(=O)c2c(C)noc2-c2ccc3c(c2)OCO3)cc(OC)c1. The lowest BCUT2D eigenvalue weighted by Gasteiger charge is -2.10. The summed E-state index contributed by atoms with van der Waals surface area (Å²) in [6.45, 7) is 2.19. The Morgan fingerprint density at radius 1 is 1.07 bits per heavy atom. The van der Waals surface area contributed by atoms with Gasteiger partial charge in [-0.1, -0.05) is 5.16 Å². The molecule has 1 amide bonds. The molecule has 1 aromatic heterocycles. The van der Waals surface area contributed by atoms with Crippen LogP contribution in [-0.4, -0.2) is 32.1 Å². The topological polar surface area (TPSA) is 92.1 Å². The zero-order valence-corrected chi connectivity index (χ0v) is 16.3. The van der Waals surface area contributed by atoms with Crippen molar-refractivity contribution in [3.05, 3.63) is 53.2 Å². The second kappa shape index (κ2) is 7.75. The molecule has 0 fully saturated rings. The second-order valence-corrected chi connectivity index (χ2v) is 6.44. The molecular formula is C21H20N2O6. The Kier molecular flexibility index (Phi) is 4.99. The van der Waals surface area contributed by atoms with E-state index in [0.717, 1.165) is 5.56 Å². The van der Waals surface area contributed by atoms with E-state index in [9.17, 15) is 4.79 Å². The van der Waals surface area contributed by atoms with Gasteiger partial charge in [0.25, 0.3) is 5.91 Å². The highest BCUT2D eigenvalue weighted by atomic mass is 16.7. The molecule has 4 rings (SSSR count). The molecule has 2 heterocycles. The average molecular weight is 396 g/mol. The minimum Gasteiger partial charge on any atom is -0.497 e. The van der Waals surface area contributed by atoms with Crippen molar-refractivity contribution < 1.29 is 28.3 Å². The van der Waals surface area contributed by atoms with Gasteiger partial charge in [0, 0.05) is 18.2 Å². The van der Waals surface area contributed by atoms with Gasteiger partial charge in [-0.3, -0.25) is 4.79 Å². The summed E-state index contributed by atoms with van der Waals surface area (Å²) < 4.78 is 26.7. The van der Waals surface area contributed by atoms with Crippen molar-refractivity contribution in [3.63, 3.8) is 0 Å². The summed E-state index contributed by atoms with van der Waals surface area (Å²) in [5.74, 6) is 2.64. The molecule has 150 valence electrons. The van der Waals surface area contributed by atoms with Crippen molar-refractivity contribution in [3.8, 4) is 34.3 Å². The highest BCUT2D eigenvalue weighted by molar-refractivity contribution is 6.00. The number of ether oxygens (including phenoxy) is 4. The largest absolute Gasteiger partial charge is 0.497 e. The average Bonchev–Trinajstić information content (AvgIpc) is 3.37. The van der Waals surface area contributed by atoms with Crippen LogP contribution in [0.1, 0.15) is 21.6 Å². The maximum atomic E-state index is 12.9. The van der Waals surface area contributed by atoms with Crippen LogP contribution in [0, 0.1) is 6.92 Å². The first-order valence-electron chi connectivity index (χ1n) is 8.95. The Labute approximate surface area is 167 Å². The number of carbonyl (C=O) groups excluding carboxylic acids is 1. The molecule has 0 saturated carbocycles. The smallest absolute Gasteiger partial charge is 0.257 e. The summed E-state index contributed by atoms with van der Waals surface area (Å²) in [6, 6.07) is 10.8. The van der Waals surface area contributed by atoms with Crippen LogP contribution in [0.25, 0.3) is 11.3 Å². The second-order valence-electron chi connectivity index (χ2n) is 6.44. The van der Waals surface area contributed by atoms with Crippen LogP contribution >= 0.6 is 0 Å². The number of benzene rings is 2. The van der Waals surface area contributed by atoms with Crippen LogP contribution in [0.5, 0.6) is 23.0 Å². The molecule has 0 bridgehead atoms. The molecule has 1 N–H and O–H groups in total. The van der Waals surface area contributed by atoms with Gasteiger partial charge >= 0.3 is 0 Å². The molecule has 0 aliphatic carbocycles. The standard InChI is InChI=1S/C21H20N2O6/c1-12-19(20(29-23-12)14-4-5-17-18(8-14)28-11-27-17)21(24)22-10-13-6-15(25-2)9-16(7-13)26-3/h4-9H,10-11H2,1-3H3,(H,22,24). The summed E-state index contributed by atoms with van der Waals surface area (Å²) in [4.78, 5) is 12.9. The van der Waals surface area contributed by atoms with E-state index >= 15 is 0 Å². The fraction of sp³-hybridized carbons (Fsp3) is 0.238. The number of hydrogen-bond donors (Lipinski definition) is 1. The summed E-state index contributed by atoms with van der Waals surface area (Å²) in [6.07, 6.45) is 0. The molecule has 29 heavy (non-hydrogen) atoms. The number of aryl methyl sites for hydroxylation is 1. The quantitative estimate of drug-likeness (QED) is 0.683. The van der Waals surface area contributed by atoms with Crippen molar-refractivity contribution in [2.45, 2.75) is 13.5 Å². The Morgan fingerprint density at radius 3 is 2.52 bits per heavy atom. The van der Waals surface area contributed by atoms with E-state index in [0.29, 0.717) is 45.6 Å². The molecule has 0 unspecified atom stereocenters. The van der Waals surface area contributed by atoms with Gasteiger partial charge in [-0.25, -0.2) is 0 Å². The van der Waals surface area contributed by atoms with Crippen molar-refractivity contribution in [1.29, 1.82) is 0 Å². The Hall–Kier alpha value is -3.68. The summed E-state index contributed by atoms with van der Waals surface area (Å²) in [7, 11) is 3.16. The van der Waals surface area contributed by atoms with Crippen molar-refractivity contribution in [1.82, 2.24) is 10.5 Å². The number of nitrogens with zero attached hydrogens (tertiary/aromatic N) is 1. The van der Waals surface area contributed by atoms with Gasteiger partial charge in [0.1, 0.15) is 17.1 Å². The van der Waals surface area contributed by atoms with E-state index in [1.54, 1.807) is 45.4 Å². The summed E-state index contributed by atoms with van der Waals surface area (Å²) in [5, 5.41) is 6.87. The van der Waals surface area contributed by atoms with Gasteiger partial charge in [-0.15, -0.1) is 0 Å². The lowest BCUT2D eigenvalue weighted by molar-refractivity contribution is 0.0950. The molecule has 0 radical (unpaired) electrons. The van der Waals surface area contributed by atoms with Gasteiger partial charge in [-0.05, 0) is 42.8 Å². The van der Waals surface area contributed by atoms with Crippen molar-refractivity contribution in [2.75, 3.05) is 21.0 Å². The number of fused-ring (bicyclic) bond motifs is 1. The van der Waals surface area contributed by atoms with E-state index < -0.39 is 0 Å². The number of rotatable bonds is 6. The van der Waals surface area contributed by atoms with Gasteiger partial charge < -0.3 is 28.8 Å². The third-order valence-electron chi connectivity index (χ3n) is 4.59. The van der Waals surface area contributed by atoms with Crippen LogP contribution < -0.4 is 24.3 Å². The molecule has 0 spiro atoms. The molecule has 0 atom stereocenters. The van der Waals surface area contributed by atoms with Crippen LogP contribution in [-0.2, 0) is 6.54 Å². The molecule has 8 nitrogen and oxygen atoms in total. The number of aromatic nitrogens is 1. The zero-order chi connectivity index (χ0) is 20.4. The molecule has 0 saturated heterocycles. The normalized spacial score (nSPS) is 12.0. The molecule has 1 aliphatic heterocycles. The highest BCUT2D eigenvalue weighted by Gasteiger charge is 2.24. The molecule has 3 aromatic rings. The fourth-order valence-corrected chi connectivity index (χ4v) is 3.11. The van der Waals surface area contributed by atoms with Crippen LogP contribution in [0.15, 0.2) is 40.9 Å². The summed E-state index contributed by atoms with van der Waals surface area (Å²) >= 11 is 0. The third-order valence-corrected chi connectivity index (χ3v) is 4.59. The number of nitrogens with one attached hydrogen (secondary N) is 1. The Balaban J connectivity index is 1.56. The molecule has 1 aliphatic rings. The predicted octanol–water partition coefficient (Wildman–Crippen LogP) is 3.33. The van der Waals surface area contributed by atoms with E-state index in [1.165, 1.54) is 0 Å². The molecule has 8 heteroatoms. The number of amides is 1. The first-order valence-corrected chi connectivity index (χ1v) is 8.95.